The number of benzene rings is 3. The summed E-state index contributed by atoms with van der Waals surface area (Å²) in [4.78, 5) is 20.8. The Morgan fingerprint density at radius 3 is 2.63 bits per heavy atom. The van der Waals surface area contributed by atoms with E-state index in [1.807, 2.05) is 17.9 Å². The van der Waals surface area contributed by atoms with Crippen molar-refractivity contribution in [1.29, 1.82) is 5.26 Å². The minimum absolute atomic E-state index is 0.0143. The minimum atomic E-state index is -2.62. The summed E-state index contributed by atoms with van der Waals surface area (Å²) < 4.78 is 53.6. The van der Waals surface area contributed by atoms with Crippen LogP contribution in [0.1, 0.15) is 78.7 Å². The van der Waals surface area contributed by atoms with Crippen LogP contribution in [-0.4, -0.2) is 45.6 Å². The van der Waals surface area contributed by atoms with Gasteiger partial charge in [-0.2, -0.15) is 5.26 Å². The van der Waals surface area contributed by atoms with Gasteiger partial charge in [0.25, 0.3) is 6.43 Å². The third kappa shape index (κ3) is 5.87. The fraction of sp³-hybridized carbons (Fsp3) is 0.405. The number of carbonyl (C=O) groups is 1. The van der Waals surface area contributed by atoms with Crippen LogP contribution in [-0.2, 0) is 22.6 Å². The van der Waals surface area contributed by atoms with Crippen molar-refractivity contribution < 1.29 is 22.7 Å². The Balaban J connectivity index is 1.21. The van der Waals surface area contributed by atoms with Gasteiger partial charge < -0.3 is 19.5 Å². The first-order valence-corrected chi connectivity index (χ1v) is 19.4. The molecule has 1 N–H and O–H groups in total. The summed E-state index contributed by atoms with van der Waals surface area (Å²) in [7, 11) is 0. The van der Waals surface area contributed by atoms with Crippen molar-refractivity contribution in [3.05, 3.63) is 98.5 Å². The SMILES string of the molecule is Cc1nc2c(F)c(-c3cccc(Cl)c3Cl)c(CCC#N)cc2c2c1cc(C1CC(OCc3ccccc3C(F)F)CN1C(=O)C1CC1)n2C1C2CNC1C2. The number of pyridine rings is 1. The van der Waals surface area contributed by atoms with Crippen LogP contribution in [0.25, 0.3) is 32.9 Å². The molecule has 0 spiro atoms. The molecule has 2 saturated carbocycles. The number of alkyl halides is 2. The highest BCUT2D eigenvalue weighted by atomic mass is 35.5. The standard InChI is InChI=1S/C42H38Cl2F3N5O2/c1-21-29-17-34(33-16-26(19-51(33)42(53)22-11-12-22)54-20-24-6-2-3-8-27(24)41(46)47)52(39-25-15-32(39)49-18-25)40(29)30-14-23(7-5-13-48)35(37(45)38(30)50-21)28-9-4-10-31(43)36(28)44/h2-4,6,8-10,14,17,22,25-26,32-33,39,41,49H,5,7,11-12,15-16,18-20H2,1H3. The highest BCUT2D eigenvalue weighted by Gasteiger charge is 2.51. The molecule has 2 bridgehead atoms. The van der Waals surface area contributed by atoms with Crippen LogP contribution in [0.2, 0.25) is 10.0 Å². The normalized spacial score (nSPS) is 23.4. The van der Waals surface area contributed by atoms with E-state index in [9.17, 15) is 18.8 Å². The first-order chi connectivity index (χ1) is 26.1. The Morgan fingerprint density at radius 2 is 1.91 bits per heavy atom. The lowest BCUT2D eigenvalue weighted by molar-refractivity contribution is -0.134. The number of carbonyl (C=O) groups excluding carboxylic acids is 1. The number of nitriles is 1. The number of aryl methyl sites for hydroxylation is 2. The monoisotopic (exact) mass is 771 g/mol. The Hall–Kier alpha value is -4.14. The number of nitrogens with one attached hydrogen (secondary N) is 1. The number of ether oxygens (including phenoxy) is 1. The van der Waals surface area contributed by atoms with Crippen LogP contribution >= 0.6 is 23.2 Å². The number of rotatable bonds is 10. The molecule has 2 aromatic heterocycles. The molecule has 5 fully saturated rings. The summed E-state index contributed by atoms with van der Waals surface area (Å²) in [5.74, 6) is -0.129. The molecule has 3 aromatic carbocycles. The number of likely N-dealkylation sites (tertiary alicyclic amines) is 1. The number of hydrogen-bond donors (Lipinski definition) is 1. The van der Waals surface area contributed by atoms with Crippen molar-refractivity contribution >= 4 is 50.9 Å². The zero-order chi connectivity index (χ0) is 37.4. The van der Waals surface area contributed by atoms with E-state index in [1.54, 1.807) is 36.4 Å². The molecule has 3 saturated heterocycles. The van der Waals surface area contributed by atoms with Crippen LogP contribution < -0.4 is 5.32 Å². The predicted octanol–water partition coefficient (Wildman–Crippen LogP) is 9.81. The van der Waals surface area contributed by atoms with Crippen molar-refractivity contribution in [2.24, 2.45) is 11.8 Å². The molecular formula is C42H38Cl2F3N5O2. The van der Waals surface area contributed by atoms with Gasteiger partial charge in [-0.25, -0.2) is 18.2 Å². The fourth-order valence-corrected chi connectivity index (χ4v) is 9.59. The molecule has 12 heteroatoms. The zero-order valence-electron chi connectivity index (χ0n) is 29.6. The van der Waals surface area contributed by atoms with Gasteiger partial charge >= 0.3 is 0 Å². The largest absolute Gasteiger partial charge is 0.372 e. The zero-order valence-corrected chi connectivity index (χ0v) is 31.1. The van der Waals surface area contributed by atoms with E-state index >= 15 is 4.39 Å². The molecule has 5 atom stereocenters. The number of halogens is 5. The minimum Gasteiger partial charge on any atom is -0.372 e. The first kappa shape index (κ1) is 35.6. The molecule has 1 amide bonds. The second kappa shape index (κ2) is 13.9. The van der Waals surface area contributed by atoms with E-state index in [0.717, 1.165) is 42.4 Å². The van der Waals surface area contributed by atoms with Gasteiger partial charge in [0.05, 0.1) is 46.4 Å². The van der Waals surface area contributed by atoms with Gasteiger partial charge in [0, 0.05) is 76.7 Å². The number of fused-ring (bicyclic) bond motifs is 4. The fourth-order valence-electron chi connectivity index (χ4n) is 9.19. The third-order valence-corrected chi connectivity index (χ3v) is 12.8. The summed E-state index contributed by atoms with van der Waals surface area (Å²) in [6.45, 7) is 3.11. The molecule has 5 heterocycles. The highest BCUT2D eigenvalue weighted by Crippen LogP contribution is 2.51. The summed E-state index contributed by atoms with van der Waals surface area (Å²) >= 11 is 13.1. The Morgan fingerprint density at radius 1 is 1.09 bits per heavy atom. The van der Waals surface area contributed by atoms with Gasteiger partial charge in [-0.05, 0) is 67.9 Å². The van der Waals surface area contributed by atoms with Gasteiger partial charge in [0.1, 0.15) is 5.52 Å². The van der Waals surface area contributed by atoms with Crippen molar-refractivity contribution in [2.75, 3.05) is 13.1 Å². The lowest BCUT2D eigenvalue weighted by atomic mass is 9.79. The van der Waals surface area contributed by atoms with Crippen molar-refractivity contribution in [1.82, 2.24) is 19.8 Å². The Bertz CT molecular complexity index is 2360. The number of hydrogen-bond acceptors (Lipinski definition) is 5. The summed E-state index contributed by atoms with van der Waals surface area (Å²) in [6, 6.07) is 17.8. The van der Waals surface area contributed by atoms with E-state index < -0.39 is 12.2 Å². The first-order valence-electron chi connectivity index (χ1n) is 18.6. The molecule has 10 rings (SSSR count). The van der Waals surface area contributed by atoms with Gasteiger partial charge in [0.2, 0.25) is 5.91 Å². The maximum absolute atomic E-state index is 17.2. The average molecular weight is 773 g/mol. The maximum atomic E-state index is 17.2. The second-order valence-electron chi connectivity index (χ2n) is 15.2. The lowest BCUT2D eigenvalue weighted by Crippen LogP contribution is -2.41. The van der Waals surface area contributed by atoms with Crippen molar-refractivity contribution in [2.45, 2.75) is 82.7 Å². The smallest absolute Gasteiger partial charge is 0.264 e. The Kier molecular flexibility index (Phi) is 9.13. The molecular weight excluding hydrogens is 734 g/mol. The molecule has 3 aliphatic heterocycles. The van der Waals surface area contributed by atoms with Crippen LogP contribution in [0.5, 0.6) is 0 Å². The van der Waals surface area contributed by atoms with Crippen molar-refractivity contribution in [3.8, 4) is 17.2 Å². The van der Waals surface area contributed by atoms with Gasteiger partial charge in [-0.15, -0.1) is 0 Å². The van der Waals surface area contributed by atoms with E-state index in [1.165, 1.54) is 6.07 Å². The number of nitrogens with zero attached hydrogens (tertiary/aromatic N) is 4. The topological polar surface area (TPSA) is 83.2 Å². The second-order valence-corrected chi connectivity index (χ2v) is 16.0. The summed E-state index contributed by atoms with van der Waals surface area (Å²) in [5.41, 5.74) is 4.38. The van der Waals surface area contributed by atoms with Crippen LogP contribution in [0.3, 0.4) is 0 Å². The van der Waals surface area contributed by atoms with E-state index in [-0.39, 0.29) is 70.7 Å². The van der Waals surface area contributed by atoms with Crippen molar-refractivity contribution in [3.63, 3.8) is 0 Å². The molecule has 5 aliphatic rings. The summed E-state index contributed by atoms with van der Waals surface area (Å²) in [6.07, 6.45) is 0.666. The number of amides is 1. The van der Waals surface area contributed by atoms with Crippen LogP contribution in [0, 0.1) is 35.9 Å². The average Bonchev–Trinajstić information content (AvgIpc) is 3.45. The maximum Gasteiger partial charge on any atom is 0.264 e. The molecule has 2 aliphatic carbocycles. The molecule has 0 radical (unpaired) electrons. The molecule has 278 valence electrons. The molecule has 54 heavy (non-hydrogen) atoms. The van der Waals surface area contributed by atoms with Gasteiger partial charge in [-0.3, -0.25) is 4.79 Å². The quantitative estimate of drug-likeness (QED) is 0.153. The van der Waals surface area contributed by atoms with E-state index in [4.69, 9.17) is 32.9 Å². The van der Waals surface area contributed by atoms with Gasteiger partial charge in [-0.1, -0.05) is 59.6 Å². The summed E-state index contributed by atoms with van der Waals surface area (Å²) in [5, 5.41) is 15.3. The molecule has 5 unspecified atom stereocenters. The number of aromatic nitrogens is 2. The third-order valence-electron chi connectivity index (χ3n) is 12.0. The van der Waals surface area contributed by atoms with Crippen LogP contribution in [0.4, 0.5) is 13.2 Å². The van der Waals surface area contributed by atoms with E-state index in [0.29, 0.717) is 58.1 Å². The molecule has 5 aromatic rings. The highest BCUT2D eigenvalue weighted by molar-refractivity contribution is 6.43. The lowest BCUT2D eigenvalue weighted by Gasteiger charge is -2.39. The van der Waals surface area contributed by atoms with Crippen LogP contribution in [0.15, 0.2) is 54.6 Å². The molecule has 7 nitrogen and oxygen atoms in total. The van der Waals surface area contributed by atoms with E-state index in [2.05, 4.69) is 22.0 Å². The Labute approximate surface area is 321 Å². The van der Waals surface area contributed by atoms with Gasteiger partial charge in [0.15, 0.2) is 5.82 Å². The predicted molar refractivity (Wildman–Crippen MR) is 202 cm³/mol.